The average molecular weight is 273 g/mol. The Balaban J connectivity index is 0.00000161. The van der Waals surface area contributed by atoms with Crippen LogP contribution in [0.3, 0.4) is 0 Å². The first-order valence-electron chi connectivity index (χ1n) is 6.95. The van der Waals surface area contributed by atoms with Crippen molar-refractivity contribution in [3.8, 4) is 5.95 Å². The monoisotopic (exact) mass is 273 g/mol. The molecule has 1 amide bonds. The average Bonchev–Trinajstić information content (AvgIpc) is 3.03. The normalized spacial score (nSPS) is 16.0. The topological polar surface area (TPSA) is 72.7 Å². The SMILES string of the molecule is O=C(NC1CCCCC1)c1ccnc(-n2ccnc2)n1.[HH]. The predicted molar refractivity (Wildman–Crippen MR) is 75.6 cm³/mol. The lowest BCUT2D eigenvalue weighted by Crippen LogP contribution is -2.36. The summed E-state index contributed by atoms with van der Waals surface area (Å²) in [6.45, 7) is 0. The molecule has 1 saturated carbocycles. The Kier molecular flexibility index (Phi) is 3.71. The third kappa shape index (κ3) is 2.84. The van der Waals surface area contributed by atoms with Gasteiger partial charge in [0, 0.05) is 26.1 Å². The largest absolute Gasteiger partial charge is 0.348 e. The standard InChI is InChI=1S/C14H17N5O.H2/c20-13(17-11-4-2-1-3-5-11)12-6-7-16-14(18-12)19-9-8-15-10-19;/h6-11H,1-5H2,(H,17,20);1H. The number of amides is 1. The zero-order chi connectivity index (χ0) is 13.8. The van der Waals surface area contributed by atoms with Crippen molar-refractivity contribution in [2.45, 2.75) is 38.1 Å². The smallest absolute Gasteiger partial charge is 0.270 e. The highest BCUT2D eigenvalue weighted by molar-refractivity contribution is 5.92. The van der Waals surface area contributed by atoms with Crippen molar-refractivity contribution in [1.29, 1.82) is 0 Å². The molecule has 106 valence electrons. The van der Waals surface area contributed by atoms with Gasteiger partial charge in [-0.15, -0.1) is 0 Å². The second kappa shape index (κ2) is 5.81. The van der Waals surface area contributed by atoms with E-state index in [-0.39, 0.29) is 13.4 Å². The van der Waals surface area contributed by atoms with E-state index in [1.807, 2.05) is 0 Å². The van der Waals surface area contributed by atoms with Gasteiger partial charge in [0.2, 0.25) is 5.95 Å². The summed E-state index contributed by atoms with van der Waals surface area (Å²) >= 11 is 0. The molecule has 2 aromatic heterocycles. The highest BCUT2D eigenvalue weighted by Crippen LogP contribution is 2.17. The van der Waals surface area contributed by atoms with Crippen LogP contribution in [0.15, 0.2) is 31.0 Å². The number of hydrogen-bond donors (Lipinski definition) is 1. The van der Waals surface area contributed by atoms with Crippen LogP contribution in [0.5, 0.6) is 0 Å². The van der Waals surface area contributed by atoms with Gasteiger partial charge >= 0.3 is 0 Å². The highest BCUT2D eigenvalue weighted by Gasteiger charge is 2.17. The zero-order valence-corrected chi connectivity index (χ0v) is 11.2. The van der Waals surface area contributed by atoms with E-state index in [2.05, 4.69) is 20.3 Å². The molecule has 0 aliphatic heterocycles. The van der Waals surface area contributed by atoms with Crippen LogP contribution in [0.1, 0.15) is 44.0 Å². The van der Waals surface area contributed by atoms with E-state index in [1.165, 1.54) is 19.3 Å². The Labute approximate surface area is 118 Å². The molecular weight excluding hydrogens is 254 g/mol. The summed E-state index contributed by atoms with van der Waals surface area (Å²) in [6.07, 6.45) is 12.4. The number of carbonyl (C=O) groups is 1. The van der Waals surface area contributed by atoms with Gasteiger partial charge in [0.05, 0.1) is 0 Å². The number of nitrogens with one attached hydrogen (secondary N) is 1. The van der Waals surface area contributed by atoms with Gasteiger partial charge in [0.15, 0.2) is 0 Å². The Hall–Kier alpha value is -2.24. The number of nitrogens with zero attached hydrogens (tertiary/aromatic N) is 4. The highest BCUT2D eigenvalue weighted by atomic mass is 16.1. The molecule has 0 spiro atoms. The van der Waals surface area contributed by atoms with Gasteiger partial charge in [0.1, 0.15) is 12.0 Å². The van der Waals surface area contributed by atoms with Gasteiger partial charge in [-0.2, -0.15) is 0 Å². The van der Waals surface area contributed by atoms with Gasteiger partial charge in [-0.25, -0.2) is 15.0 Å². The summed E-state index contributed by atoms with van der Waals surface area (Å²) in [5.41, 5.74) is 0.397. The first-order chi connectivity index (χ1) is 9.83. The first-order valence-corrected chi connectivity index (χ1v) is 6.95. The summed E-state index contributed by atoms with van der Waals surface area (Å²) < 4.78 is 1.68. The van der Waals surface area contributed by atoms with Crippen molar-refractivity contribution in [3.63, 3.8) is 0 Å². The molecule has 1 aliphatic carbocycles. The first kappa shape index (κ1) is 12.8. The third-order valence-corrected chi connectivity index (χ3v) is 3.55. The molecule has 20 heavy (non-hydrogen) atoms. The van der Waals surface area contributed by atoms with E-state index in [0.717, 1.165) is 12.8 Å². The van der Waals surface area contributed by atoms with Crippen molar-refractivity contribution >= 4 is 5.91 Å². The van der Waals surface area contributed by atoms with Gasteiger partial charge in [0.25, 0.3) is 5.91 Å². The Morgan fingerprint density at radius 1 is 1.30 bits per heavy atom. The second-order valence-electron chi connectivity index (χ2n) is 5.02. The molecule has 0 radical (unpaired) electrons. The maximum absolute atomic E-state index is 12.2. The number of rotatable bonds is 3. The fraction of sp³-hybridized carbons (Fsp3) is 0.429. The molecule has 1 fully saturated rings. The van der Waals surface area contributed by atoms with E-state index in [4.69, 9.17) is 0 Å². The van der Waals surface area contributed by atoms with Gasteiger partial charge in [-0.1, -0.05) is 19.3 Å². The quantitative estimate of drug-likeness (QED) is 0.928. The van der Waals surface area contributed by atoms with E-state index < -0.39 is 0 Å². The summed E-state index contributed by atoms with van der Waals surface area (Å²) in [5.74, 6) is 0.333. The van der Waals surface area contributed by atoms with Gasteiger partial charge in [-0.3, -0.25) is 9.36 Å². The molecule has 0 saturated heterocycles. The van der Waals surface area contributed by atoms with Crippen molar-refractivity contribution in [2.24, 2.45) is 0 Å². The molecule has 2 heterocycles. The summed E-state index contributed by atoms with van der Waals surface area (Å²) in [6, 6.07) is 1.92. The molecule has 0 bridgehead atoms. The van der Waals surface area contributed by atoms with E-state index in [0.29, 0.717) is 11.6 Å². The van der Waals surface area contributed by atoms with Crippen molar-refractivity contribution < 1.29 is 6.22 Å². The fourth-order valence-electron chi connectivity index (χ4n) is 2.48. The Morgan fingerprint density at radius 2 is 2.15 bits per heavy atom. The molecular formula is C14H19N5O. The second-order valence-corrected chi connectivity index (χ2v) is 5.02. The maximum atomic E-state index is 12.2. The van der Waals surface area contributed by atoms with E-state index in [1.54, 1.807) is 35.6 Å². The zero-order valence-electron chi connectivity index (χ0n) is 11.2. The predicted octanol–water partition coefficient (Wildman–Crippen LogP) is 1.97. The number of hydrogen-bond acceptors (Lipinski definition) is 4. The number of carbonyl (C=O) groups excluding carboxylic acids is 1. The van der Waals surface area contributed by atoms with Crippen LogP contribution in [-0.4, -0.2) is 31.5 Å². The molecule has 0 unspecified atom stereocenters. The lowest BCUT2D eigenvalue weighted by molar-refractivity contribution is 0.0922. The maximum Gasteiger partial charge on any atom is 0.270 e. The summed E-state index contributed by atoms with van der Waals surface area (Å²) in [7, 11) is 0. The van der Waals surface area contributed by atoms with E-state index in [9.17, 15) is 4.79 Å². The minimum atomic E-state index is -0.124. The van der Waals surface area contributed by atoms with Crippen LogP contribution in [0.25, 0.3) is 5.95 Å². The van der Waals surface area contributed by atoms with Crippen LogP contribution in [-0.2, 0) is 0 Å². The van der Waals surface area contributed by atoms with E-state index >= 15 is 0 Å². The molecule has 6 nitrogen and oxygen atoms in total. The summed E-state index contributed by atoms with van der Waals surface area (Å²) in [5, 5.41) is 3.05. The number of aromatic nitrogens is 4. The van der Waals surface area contributed by atoms with Gasteiger partial charge < -0.3 is 5.32 Å². The van der Waals surface area contributed by atoms with Crippen LogP contribution >= 0.6 is 0 Å². The Morgan fingerprint density at radius 3 is 2.90 bits per heavy atom. The number of imidazole rings is 1. The van der Waals surface area contributed by atoms with Crippen LogP contribution in [0.2, 0.25) is 0 Å². The van der Waals surface area contributed by atoms with Crippen LogP contribution < -0.4 is 5.32 Å². The fourth-order valence-corrected chi connectivity index (χ4v) is 2.48. The molecule has 3 rings (SSSR count). The molecule has 0 aromatic carbocycles. The lowest BCUT2D eigenvalue weighted by atomic mass is 9.95. The van der Waals surface area contributed by atoms with Crippen LogP contribution in [0, 0.1) is 0 Å². The van der Waals surface area contributed by atoms with Crippen molar-refractivity contribution in [3.05, 3.63) is 36.7 Å². The molecule has 1 N–H and O–H groups in total. The molecule has 6 heteroatoms. The lowest BCUT2D eigenvalue weighted by Gasteiger charge is -2.22. The van der Waals surface area contributed by atoms with Crippen molar-refractivity contribution in [1.82, 2.24) is 24.8 Å². The minimum absolute atomic E-state index is 0. The van der Waals surface area contributed by atoms with Gasteiger partial charge in [-0.05, 0) is 18.9 Å². The van der Waals surface area contributed by atoms with Crippen LogP contribution in [0.4, 0.5) is 0 Å². The minimum Gasteiger partial charge on any atom is -0.348 e. The third-order valence-electron chi connectivity index (χ3n) is 3.55. The molecule has 0 atom stereocenters. The Bertz CT molecular complexity index is 581. The molecule has 2 aromatic rings. The summed E-state index contributed by atoms with van der Waals surface area (Å²) in [4.78, 5) is 24.6. The van der Waals surface area contributed by atoms with Crippen molar-refractivity contribution in [2.75, 3.05) is 0 Å². The molecule has 1 aliphatic rings.